The van der Waals surface area contributed by atoms with Crippen molar-refractivity contribution in [2.45, 2.75) is 38.7 Å². The molecule has 1 aromatic heterocycles. The number of nitrogens with zero attached hydrogens (tertiary/aromatic N) is 5. The summed E-state index contributed by atoms with van der Waals surface area (Å²) in [6, 6.07) is 14.4. The van der Waals surface area contributed by atoms with Gasteiger partial charge in [0.2, 0.25) is 15.9 Å². The van der Waals surface area contributed by atoms with Gasteiger partial charge in [-0.1, -0.05) is 30.3 Å². The predicted molar refractivity (Wildman–Crippen MR) is 130 cm³/mol. The Kier molecular flexibility index (Phi) is 7.29. The van der Waals surface area contributed by atoms with Crippen molar-refractivity contribution in [3.05, 3.63) is 66.1 Å². The number of anilines is 1. The van der Waals surface area contributed by atoms with Gasteiger partial charge in [0, 0.05) is 36.4 Å². The van der Waals surface area contributed by atoms with Crippen molar-refractivity contribution in [2.75, 3.05) is 24.2 Å². The first kappa shape index (κ1) is 26.6. The van der Waals surface area contributed by atoms with Crippen LogP contribution in [0.25, 0.3) is 11.5 Å². The molecule has 1 aliphatic rings. The molecule has 1 saturated heterocycles. The highest BCUT2D eigenvalue weighted by Crippen LogP contribution is 2.31. The molecular weight excluding hydrogens is 511 g/mol. The summed E-state index contributed by atoms with van der Waals surface area (Å²) < 4.78 is 68.9. The van der Waals surface area contributed by atoms with E-state index in [0.29, 0.717) is 16.8 Å². The molecule has 0 bridgehead atoms. The normalized spacial score (nSPS) is 19.1. The average molecular weight is 538 g/mol. The van der Waals surface area contributed by atoms with Crippen LogP contribution in [0.1, 0.15) is 25.3 Å². The molecule has 9 nitrogen and oxygen atoms in total. The molecule has 0 spiro atoms. The van der Waals surface area contributed by atoms with Crippen molar-refractivity contribution >= 4 is 21.7 Å². The molecule has 0 N–H and O–H groups in total. The van der Waals surface area contributed by atoms with Crippen molar-refractivity contribution < 1.29 is 30.8 Å². The Morgan fingerprint density at radius 2 is 1.62 bits per heavy atom. The minimum atomic E-state index is -4.73. The number of halogens is 3. The van der Waals surface area contributed by atoms with Gasteiger partial charge < -0.3 is 9.32 Å². The first-order valence-electron chi connectivity index (χ1n) is 11.4. The van der Waals surface area contributed by atoms with Gasteiger partial charge in [0.25, 0.3) is 0 Å². The van der Waals surface area contributed by atoms with Crippen LogP contribution < -0.4 is 4.90 Å². The third-order valence-electron chi connectivity index (χ3n) is 6.00. The van der Waals surface area contributed by atoms with Gasteiger partial charge in [0.15, 0.2) is 0 Å². The number of aromatic nitrogens is 2. The van der Waals surface area contributed by atoms with Crippen LogP contribution in [0.15, 0.2) is 59.0 Å². The number of rotatable bonds is 5. The van der Waals surface area contributed by atoms with Gasteiger partial charge in [-0.05, 0) is 43.7 Å². The summed E-state index contributed by atoms with van der Waals surface area (Å²) in [4.78, 5) is 16.9. The van der Waals surface area contributed by atoms with E-state index in [1.54, 1.807) is 72.2 Å². The van der Waals surface area contributed by atoms with E-state index in [2.05, 4.69) is 10.2 Å². The second-order valence-electron chi connectivity index (χ2n) is 9.01. The zero-order valence-electron chi connectivity index (χ0n) is 20.4. The van der Waals surface area contributed by atoms with Crippen LogP contribution in [-0.4, -0.2) is 65.3 Å². The van der Waals surface area contributed by atoms with Crippen molar-refractivity contribution in [1.82, 2.24) is 19.4 Å². The second-order valence-corrected chi connectivity index (χ2v) is 10.9. The zero-order chi connectivity index (χ0) is 27.0. The summed E-state index contributed by atoms with van der Waals surface area (Å²) in [7, 11) is -3.43. The number of piperazine rings is 1. The maximum atomic E-state index is 13.7. The molecule has 0 aliphatic carbocycles. The maximum Gasteiger partial charge on any atom is 0.470 e. The lowest BCUT2D eigenvalue weighted by Crippen LogP contribution is -2.61. The van der Waals surface area contributed by atoms with E-state index in [9.17, 15) is 26.4 Å². The molecule has 2 aromatic carbocycles. The number of urea groups is 1. The molecule has 1 fully saturated rings. The lowest BCUT2D eigenvalue weighted by Gasteiger charge is -2.44. The van der Waals surface area contributed by atoms with Crippen LogP contribution in [0.2, 0.25) is 0 Å². The summed E-state index contributed by atoms with van der Waals surface area (Å²) in [5, 5.41) is 6.50. The summed E-state index contributed by atoms with van der Waals surface area (Å²) in [6.07, 6.45) is -3.57. The standard InChI is InChI=1S/C24H26F3N5O4S/c1-16-13-30(14-17(2)32(16)37(3,34)35)23(33)31(20-7-5-4-6-8-20)15-18-9-11-19(12-10-18)21-28-29-22(36-21)24(25,26)27/h4-12,16-17H,13-15H2,1-3H3/t16-,17+. The van der Waals surface area contributed by atoms with Crippen molar-refractivity contribution in [3.63, 3.8) is 0 Å². The lowest BCUT2D eigenvalue weighted by molar-refractivity contribution is -0.156. The quantitative estimate of drug-likeness (QED) is 0.483. The molecule has 2 amide bonds. The molecular formula is C24H26F3N5O4S. The van der Waals surface area contributed by atoms with E-state index in [0.717, 1.165) is 6.26 Å². The minimum Gasteiger partial charge on any atom is -0.413 e. The van der Waals surface area contributed by atoms with Crippen LogP contribution in [0.4, 0.5) is 23.7 Å². The first-order chi connectivity index (χ1) is 17.3. The number of benzene rings is 2. The molecule has 2 heterocycles. The maximum absolute atomic E-state index is 13.7. The largest absolute Gasteiger partial charge is 0.470 e. The van der Waals surface area contributed by atoms with Crippen LogP contribution in [0, 0.1) is 0 Å². The van der Waals surface area contributed by atoms with E-state index in [-0.39, 0.29) is 31.6 Å². The zero-order valence-corrected chi connectivity index (χ0v) is 21.2. The number of carbonyl (C=O) groups is 1. The van der Waals surface area contributed by atoms with E-state index in [1.807, 2.05) is 6.07 Å². The number of sulfonamides is 1. The van der Waals surface area contributed by atoms with Gasteiger partial charge in [-0.15, -0.1) is 10.2 Å². The number of hydrogen-bond donors (Lipinski definition) is 0. The SMILES string of the molecule is C[C@@H]1CN(C(=O)N(Cc2ccc(-c3nnc(C(F)(F)F)o3)cc2)c2ccccc2)C[C@H](C)N1S(C)(=O)=O. The van der Waals surface area contributed by atoms with E-state index in [1.165, 1.54) is 4.31 Å². The molecule has 198 valence electrons. The fraction of sp³-hybridized carbons (Fsp3) is 0.375. The summed E-state index contributed by atoms with van der Waals surface area (Å²) in [5.41, 5.74) is 1.67. The lowest BCUT2D eigenvalue weighted by atomic mass is 10.1. The third-order valence-corrected chi connectivity index (χ3v) is 7.49. The van der Waals surface area contributed by atoms with Crippen LogP contribution in [0.5, 0.6) is 0 Å². The van der Waals surface area contributed by atoms with Gasteiger partial charge in [-0.2, -0.15) is 17.5 Å². The monoisotopic (exact) mass is 537 g/mol. The molecule has 0 radical (unpaired) electrons. The van der Waals surface area contributed by atoms with Gasteiger partial charge >= 0.3 is 18.1 Å². The summed E-state index contributed by atoms with van der Waals surface area (Å²) >= 11 is 0. The Bertz CT molecular complexity index is 1330. The number of hydrogen-bond acceptors (Lipinski definition) is 6. The van der Waals surface area contributed by atoms with Crippen molar-refractivity contribution in [1.29, 1.82) is 0 Å². The Balaban J connectivity index is 1.56. The van der Waals surface area contributed by atoms with Crippen LogP contribution in [0.3, 0.4) is 0 Å². The van der Waals surface area contributed by atoms with Crippen LogP contribution >= 0.6 is 0 Å². The summed E-state index contributed by atoms with van der Waals surface area (Å²) in [6.45, 7) is 4.18. The number of alkyl halides is 3. The van der Waals surface area contributed by atoms with Gasteiger partial charge in [-0.25, -0.2) is 13.2 Å². The fourth-order valence-electron chi connectivity index (χ4n) is 4.56. The highest BCUT2D eigenvalue weighted by Gasteiger charge is 2.39. The topological polar surface area (TPSA) is 99.8 Å². The highest BCUT2D eigenvalue weighted by atomic mass is 32.2. The Morgan fingerprint density at radius 3 is 2.14 bits per heavy atom. The molecule has 2 atom stereocenters. The Labute approximate surface area is 212 Å². The van der Waals surface area contributed by atoms with Crippen LogP contribution in [-0.2, 0) is 22.7 Å². The molecule has 0 saturated carbocycles. The smallest absolute Gasteiger partial charge is 0.413 e. The molecule has 0 unspecified atom stereocenters. The Morgan fingerprint density at radius 1 is 1.03 bits per heavy atom. The first-order valence-corrected chi connectivity index (χ1v) is 13.3. The van der Waals surface area contributed by atoms with E-state index in [4.69, 9.17) is 4.42 Å². The summed E-state index contributed by atoms with van der Waals surface area (Å²) in [5.74, 6) is -1.69. The fourth-order valence-corrected chi connectivity index (χ4v) is 6.00. The van der Waals surface area contributed by atoms with Gasteiger partial charge in [0.05, 0.1) is 12.8 Å². The molecule has 37 heavy (non-hydrogen) atoms. The molecule has 3 aromatic rings. The van der Waals surface area contributed by atoms with Crippen molar-refractivity contribution in [3.8, 4) is 11.5 Å². The third kappa shape index (κ3) is 5.93. The number of carbonyl (C=O) groups excluding carboxylic acids is 1. The highest BCUT2D eigenvalue weighted by molar-refractivity contribution is 7.88. The van der Waals surface area contributed by atoms with Gasteiger partial charge in [-0.3, -0.25) is 4.90 Å². The van der Waals surface area contributed by atoms with Gasteiger partial charge in [0.1, 0.15) is 0 Å². The number of amides is 2. The van der Waals surface area contributed by atoms with E-state index >= 15 is 0 Å². The molecule has 1 aliphatic heterocycles. The predicted octanol–water partition coefficient (Wildman–Crippen LogP) is 4.24. The number of para-hydroxylation sites is 1. The Hall–Kier alpha value is -3.45. The van der Waals surface area contributed by atoms with E-state index < -0.39 is 34.2 Å². The average Bonchev–Trinajstić information content (AvgIpc) is 3.33. The molecule has 4 rings (SSSR count). The van der Waals surface area contributed by atoms with Crippen molar-refractivity contribution in [2.24, 2.45) is 0 Å². The second kappa shape index (κ2) is 10.1. The minimum absolute atomic E-state index is 0.176. The molecule has 13 heteroatoms.